The van der Waals surface area contributed by atoms with Gasteiger partial charge in [-0.3, -0.25) is 4.72 Å². The molecule has 10 heteroatoms. The van der Waals surface area contributed by atoms with Crippen LogP contribution in [0.1, 0.15) is 10.4 Å². The lowest BCUT2D eigenvalue weighted by Gasteiger charge is -2.05. The van der Waals surface area contributed by atoms with Gasteiger partial charge in [-0.1, -0.05) is 0 Å². The molecule has 2 aromatic rings. The van der Waals surface area contributed by atoms with Crippen molar-refractivity contribution in [1.82, 2.24) is 14.6 Å². The summed E-state index contributed by atoms with van der Waals surface area (Å²) in [6.07, 6.45) is 2.87. The zero-order valence-corrected chi connectivity index (χ0v) is 11.3. The molecular formula is C10H12N4O5S. The Hall–Kier alpha value is -2.20. The van der Waals surface area contributed by atoms with Crippen LogP contribution in [0.4, 0.5) is 5.82 Å². The van der Waals surface area contributed by atoms with Crippen molar-refractivity contribution in [2.24, 2.45) is 0 Å². The number of carbonyl (C=O) groups is 1. The zero-order valence-electron chi connectivity index (χ0n) is 10.5. The maximum Gasteiger partial charge on any atom is 0.343 e. The van der Waals surface area contributed by atoms with Crippen molar-refractivity contribution in [2.45, 2.75) is 0 Å². The van der Waals surface area contributed by atoms with Gasteiger partial charge in [0.15, 0.2) is 11.5 Å². The van der Waals surface area contributed by atoms with Crippen LogP contribution in [0.3, 0.4) is 0 Å². The maximum absolute atomic E-state index is 11.8. The third-order valence-electron chi connectivity index (χ3n) is 2.42. The highest BCUT2D eigenvalue weighted by molar-refractivity contribution is 7.92. The van der Waals surface area contributed by atoms with E-state index in [-0.39, 0.29) is 29.4 Å². The molecule has 2 N–H and O–H groups in total. The third-order valence-corrected chi connectivity index (χ3v) is 3.63. The summed E-state index contributed by atoms with van der Waals surface area (Å²) in [4.78, 5) is 15.1. The molecule has 9 nitrogen and oxygen atoms in total. The molecule has 0 saturated carbocycles. The molecule has 0 amide bonds. The number of methoxy groups -OCH3 is 1. The number of sulfonamides is 1. The van der Waals surface area contributed by atoms with E-state index in [0.29, 0.717) is 0 Å². The third kappa shape index (κ3) is 2.86. The molecular weight excluding hydrogens is 288 g/mol. The second-order valence-electron chi connectivity index (χ2n) is 3.83. The molecule has 0 unspecified atom stereocenters. The van der Waals surface area contributed by atoms with E-state index in [1.165, 1.54) is 24.0 Å². The topological polar surface area (TPSA) is 123 Å². The fraction of sp³-hybridized carbons (Fsp3) is 0.300. The van der Waals surface area contributed by atoms with E-state index in [2.05, 4.69) is 19.5 Å². The Morgan fingerprint density at radius 3 is 2.95 bits per heavy atom. The van der Waals surface area contributed by atoms with E-state index in [9.17, 15) is 18.3 Å². The van der Waals surface area contributed by atoms with Crippen LogP contribution in [0, 0.1) is 0 Å². The Morgan fingerprint density at radius 2 is 2.30 bits per heavy atom. The second kappa shape index (κ2) is 5.43. The molecule has 2 aromatic heterocycles. The lowest BCUT2D eigenvalue weighted by Crippen LogP contribution is -2.21. The number of rotatable bonds is 6. The number of nitrogens with zero attached hydrogens (tertiary/aromatic N) is 3. The van der Waals surface area contributed by atoms with Crippen molar-refractivity contribution < 1.29 is 23.1 Å². The molecule has 0 aliphatic rings. The summed E-state index contributed by atoms with van der Waals surface area (Å²) in [5, 5.41) is 13.0. The van der Waals surface area contributed by atoms with E-state index >= 15 is 0 Å². The SMILES string of the molecule is COCCS(=O)(=O)Nc1nn2cccnc2c1C(=O)O. The van der Waals surface area contributed by atoms with Gasteiger partial charge in [-0.05, 0) is 6.07 Å². The van der Waals surface area contributed by atoms with Crippen LogP contribution in [-0.2, 0) is 14.8 Å². The van der Waals surface area contributed by atoms with E-state index in [1.807, 2.05) is 0 Å². The van der Waals surface area contributed by atoms with Crippen molar-refractivity contribution in [2.75, 3.05) is 24.2 Å². The standard InChI is InChI=1S/C10H12N4O5S/c1-19-5-6-20(17,18)13-8-7(10(15)16)9-11-3-2-4-14(9)12-8/h2-4H,5-6H2,1H3,(H,12,13)(H,15,16). The van der Waals surface area contributed by atoms with Crippen LogP contribution < -0.4 is 4.72 Å². The first kappa shape index (κ1) is 14.2. The van der Waals surface area contributed by atoms with Gasteiger partial charge in [0, 0.05) is 19.5 Å². The minimum atomic E-state index is -3.74. The fourth-order valence-corrected chi connectivity index (χ4v) is 2.47. The number of aromatic nitrogens is 3. The Balaban J connectivity index is 2.44. The Bertz CT molecular complexity index is 739. The number of carboxylic acids is 1. The van der Waals surface area contributed by atoms with Gasteiger partial charge in [0.25, 0.3) is 0 Å². The van der Waals surface area contributed by atoms with Gasteiger partial charge >= 0.3 is 5.97 Å². The second-order valence-corrected chi connectivity index (χ2v) is 5.67. The number of hydrogen-bond donors (Lipinski definition) is 2. The average Bonchev–Trinajstić information content (AvgIpc) is 2.73. The van der Waals surface area contributed by atoms with Crippen LogP contribution in [-0.4, -0.2) is 53.6 Å². The van der Waals surface area contributed by atoms with Crippen molar-refractivity contribution in [3.63, 3.8) is 0 Å². The van der Waals surface area contributed by atoms with Gasteiger partial charge in [0.2, 0.25) is 10.0 Å². The molecule has 20 heavy (non-hydrogen) atoms. The highest BCUT2D eigenvalue weighted by Crippen LogP contribution is 2.19. The van der Waals surface area contributed by atoms with Crippen LogP contribution >= 0.6 is 0 Å². The molecule has 0 aromatic carbocycles. The number of fused-ring (bicyclic) bond motifs is 1. The molecule has 108 valence electrons. The van der Waals surface area contributed by atoms with Gasteiger partial charge in [0.05, 0.1) is 12.4 Å². The summed E-state index contributed by atoms with van der Waals surface area (Å²) in [5.74, 6) is -1.89. The Morgan fingerprint density at radius 1 is 1.55 bits per heavy atom. The smallest absolute Gasteiger partial charge is 0.343 e. The summed E-state index contributed by atoms with van der Waals surface area (Å²) in [5.41, 5.74) is -0.240. The summed E-state index contributed by atoms with van der Waals surface area (Å²) >= 11 is 0. The summed E-state index contributed by atoms with van der Waals surface area (Å²) in [6.45, 7) is -0.0106. The van der Waals surface area contributed by atoms with Crippen LogP contribution in [0.25, 0.3) is 5.65 Å². The van der Waals surface area contributed by atoms with E-state index in [4.69, 9.17) is 0 Å². The number of carboxylic acid groups (broad SMARTS) is 1. The summed E-state index contributed by atoms with van der Waals surface area (Å²) < 4.78 is 31.5. The van der Waals surface area contributed by atoms with E-state index in [1.54, 1.807) is 6.07 Å². The highest BCUT2D eigenvalue weighted by Gasteiger charge is 2.23. The summed E-state index contributed by atoms with van der Waals surface area (Å²) in [6, 6.07) is 1.55. The fourth-order valence-electron chi connectivity index (χ4n) is 1.55. The van der Waals surface area contributed by atoms with Gasteiger partial charge in [-0.2, -0.15) is 0 Å². The van der Waals surface area contributed by atoms with Gasteiger partial charge < -0.3 is 9.84 Å². The first-order valence-electron chi connectivity index (χ1n) is 5.50. The lowest BCUT2D eigenvalue weighted by molar-refractivity contribution is 0.0700. The Kier molecular flexibility index (Phi) is 3.86. The highest BCUT2D eigenvalue weighted by atomic mass is 32.2. The van der Waals surface area contributed by atoms with Crippen molar-refractivity contribution in [1.29, 1.82) is 0 Å². The first-order chi connectivity index (χ1) is 9.44. The predicted octanol–water partition coefficient (Wildman–Crippen LogP) is -0.184. The molecule has 0 saturated heterocycles. The van der Waals surface area contributed by atoms with Crippen LogP contribution in [0.5, 0.6) is 0 Å². The van der Waals surface area contributed by atoms with Crippen molar-refractivity contribution in [3.05, 3.63) is 24.0 Å². The van der Waals surface area contributed by atoms with E-state index < -0.39 is 16.0 Å². The van der Waals surface area contributed by atoms with Gasteiger partial charge in [-0.25, -0.2) is 22.7 Å². The molecule has 2 heterocycles. The minimum absolute atomic E-state index is 0.0106. The average molecular weight is 300 g/mol. The normalized spacial score (nSPS) is 11.7. The monoisotopic (exact) mass is 300 g/mol. The summed E-state index contributed by atoms with van der Waals surface area (Å²) in [7, 11) is -2.37. The van der Waals surface area contributed by atoms with Crippen molar-refractivity contribution >= 4 is 27.5 Å². The number of ether oxygens (including phenoxy) is 1. The Labute approximate surface area is 114 Å². The largest absolute Gasteiger partial charge is 0.477 e. The molecule has 0 fully saturated rings. The maximum atomic E-state index is 11.8. The molecule has 0 spiro atoms. The zero-order chi connectivity index (χ0) is 14.8. The van der Waals surface area contributed by atoms with Gasteiger partial charge in [-0.15, -0.1) is 5.10 Å². The quantitative estimate of drug-likeness (QED) is 0.758. The van der Waals surface area contributed by atoms with Crippen molar-refractivity contribution in [3.8, 4) is 0 Å². The van der Waals surface area contributed by atoms with Gasteiger partial charge in [0.1, 0.15) is 5.56 Å². The molecule has 2 rings (SSSR count). The van der Waals surface area contributed by atoms with Crippen LogP contribution in [0.15, 0.2) is 18.5 Å². The number of nitrogens with one attached hydrogen (secondary N) is 1. The van der Waals surface area contributed by atoms with Crippen LogP contribution in [0.2, 0.25) is 0 Å². The molecule has 0 aliphatic heterocycles. The molecule has 0 atom stereocenters. The number of hydrogen-bond acceptors (Lipinski definition) is 6. The molecule has 0 aliphatic carbocycles. The number of aromatic carboxylic acids is 1. The molecule has 0 bridgehead atoms. The number of anilines is 1. The minimum Gasteiger partial charge on any atom is -0.477 e. The first-order valence-corrected chi connectivity index (χ1v) is 7.16. The molecule has 0 radical (unpaired) electrons. The predicted molar refractivity (Wildman–Crippen MR) is 69.2 cm³/mol. The lowest BCUT2D eigenvalue weighted by atomic mass is 10.3. The van der Waals surface area contributed by atoms with E-state index in [0.717, 1.165) is 0 Å².